The third-order valence-electron chi connectivity index (χ3n) is 2.40. The minimum atomic E-state index is -0.380. The van der Waals surface area contributed by atoms with Gasteiger partial charge in [-0.15, -0.1) is 11.8 Å². The minimum absolute atomic E-state index is 0.0825. The number of hydrogen-bond donors (Lipinski definition) is 2. The number of aliphatic hydroxyl groups is 1. The maximum Gasteiger partial charge on any atom is 0.238 e. The third kappa shape index (κ3) is 4.74. The van der Waals surface area contributed by atoms with Crippen molar-refractivity contribution in [1.82, 2.24) is 4.98 Å². The first-order chi connectivity index (χ1) is 8.40. The number of nitrogen functional groups attached to an aromatic ring is 1. The summed E-state index contributed by atoms with van der Waals surface area (Å²) in [4.78, 5) is 4.37. The molecule has 0 aliphatic rings. The van der Waals surface area contributed by atoms with Gasteiger partial charge in [-0.25, -0.2) is 4.98 Å². The molecule has 2 atom stereocenters. The van der Waals surface area contributed by atoms with Gasteiger partial charge in [0.1, 0.15) is 5.03 Å². The van der Waals surface area contributed by atoms with Gasteiger partial charge in [-0.2, -0.15) is 0 Å². The number of ether oxygens (including phenoxy) is 1. The van der Waals surface area contributed by atoms with Crippen molar-refractivity contribution in [3.8, 4) is 5.88 Å². The van der Waals surface area contributed by atoms with E-state index < -0.39 is 0 Å². The Bertz CT molecular complexity index is 383. The Kier molecular flexibility index (Phi) is 5.75. The quantitative estimate of drug-likeness (QED) is 0.778. The van der Waals surface area contributed by atoms with Gasteiger partial charge in [-0.05, 0) is 25.0 Å². The van der Waals surface area contributed by atoms with Crippen LogP contribution in [-0.4, -0.2) is 28.1 Å². The van der Waals surface area contributed by atoms with Crippen LogP contribution in [0.3, 0.4) is 0 Å². The van der Waals surface area contributed by atoms with Crippen LogP contribution in [0.5, 0.6) is 5.88 Å². The molecule has 0 saturated carbocycles. The Morgan fingerprint density at radius 1 is 1.33 bits per heavy atom. The van der Waals surface area contributed by atoms with Crippen molar-refractivity contribution in [1.29, 1.82) is 0 Å². The molecule has 18 heavy (non-hydrogen) atoms. The maximum atomic E-state index is 9.48. The normalized spacial score (nSPS) is 14.6. The van der Waals surface area contributed by atoms with Crippen LogP contribution in [0.25, 0.3) is 0 Å². The third-order valence-corrected chi connectivity index (χ3v) is 3.64. The van der Waals surface area contributed by atoms with E-state index in [2.05, 4.69) is 18.8 Å². The highest BCUT2D eigenvalue weighted by Gasteiger charge is 2.13. The van der Waals surface area contributed by atoms with Gasteiger partial charge >= 0.3 is 0 Å². The van der Waals surface area contributed by atoms with Crippen molar-refractivity contribution in [2.45, 2.75) is 44.1 Å². The molecule has 0 bridgehead atoms. The summed E-state index contributed by atoms with van der Waals surface area (Å²) in [6.07, 6.45) is -0.380. The molecule has 0 aliphatic heterocycles. The summed E-state index contributed by atoms with van der Waals surface area (Å²) in [6, 6.07) is 3.64. The van der Waals surface area contributed by atoms with Crippen molar-refractivity contribution < 1.29 is 9.84 Å². The van der Waals surface area contributed by atoms with Gasteiger partial charge in [0.2, 0.25) is 5.88 Å². The second kappa shape index (κ2) is 6.85. The molecule has 0 aromatic carbocycles. The monoisotopic (exact) mass is 270 g/mol. The van der Waals surface area contributed by atoms with E-state index in [9.17, 15) is 5.11 Å². The number of aliphatic hydroxyl groups excluding tert-OH is 1. The second-order valence-electron chi connectivity index (χ2n) is 4.81. The van der Waals surface area contributed by atoms with E-state index in [0.29, 0.717) is 24.1 Å². The first-order valence-electron chi connectivity index (χ1n) is 6.14. The number of aromatic nitrogens is 1. The van der Waals surface area contributed by atoms with Gasteiger partial charge in [0.05, 0.1) is 18.4 Å². The van der Waals surface area contributed by atoms with Gasteiger partial charge < -0.3 is 15.6 Å². The Labute approximate surface area is 113 Å². The van der Waals surface area contributed by atoms with Crippen molar-refractivity contribution in [2.75, 3.05) is 12.3 Å². The molecule has 0 aliphatic carbocycles. The highest BCUT2D eigenvalue weighted by atomic mass is 32.2. The molecule has 3 N–H and O–H groups in total. The molecule has 1 aromatic heterocycles. The van der Waals surface area contributed by atoms with E-state index in [1.165, 1.54) is 11.8 Å². The minimum Gasteiger partial charge on any atom is -0.476 e. The van der Waals surface area contributed by atoms with E-state index in [0.717, 1.165) is 5.03 Å². The van der Waals surface area contributed by atoms with Crippen molar-refractivity contribution in [3.05, 3.63) is 12.1 Å². The smallest absolute Gasteiger partial charge is 0.238 e. The second-order valence-corrected chi connectivity index (χ2v) is 6.21. The Balaban J connectivity index is 2.74. The zero-order valence-electron chi connectivity index (χ0n) is 11.4. The number of hydrogen-bond acceptors (Lipinski definition) is 5. The Morgan fingerprint density at radius 3 is 2.56 bits per heavy atom. The number of anilines is 1. The number of thioether (sulfide) groups is 1. The fourth-order valence-corrected chi connectivity index (χ4v) is 2.01. The average Bonchev–Trinajstić information content (AvgIpc) is 2.29. The molecule has 5 heteroatoms. The highest BCUT2D eigenvalue weighted by Crippen LogP contribution is 2.28. The summed E-state index contributed by atoms with van der Waals surface area (Å²) >= 11 is 1.51. The van der Waals surface area contributed by atoms with E-state index in [4.69, 9.17) is 10.5 Å². The van der Waals surface area contributed by atoms with E-state index in [-0.39, 0.29) is 11.4 Å². The van der Waals surface area contributed by atoms with Crippen molar-refractivity contribution in [2.24, 2.45) is 5.92 Å². The molecule has 2 unspecified atom stereocenters. The molecule has 0 spiro atoms. The van der Waals surface area contributed by atoms with Crippen molar-refractivity contribution >= 4 is 17.4 Å². The molecule has 4 nitrogen and oxygen atoms in total. The predicted molar refractivity (Wildman–Crippen MR) is 76.0 cm³/mol. The Hall–Kier alpha value is -0.940. The van der Waals surface area contributed by atoms with Crippen LogP contribution < -0.4 is 10.5 Å². The lowest BCUT2D eigenvalue weighted by atomic mass is 10.2. The standard InChI is InChI=1S/C13H22N2O2S/c1-8(2)7-17-13-11(14)5-6-12(15-13)18-10(4)9(3)16/h5-6,8-10,16H,7,14H2,1-4H3. The lowest BCUT2D eigenvalue weighted by molar-refractivity contribution is 0.196. The molecular weight excluding hydrogens is 248 g/mol. The molecule has 1 aromatic rings. The van der Waals surface area contributed by atoms with Crippen LogP contribution in [-0.2, 0) is 0 Å². The summed E-state index contributed by atoms with van der Waals surface area (Å²) in [5.74, 6) is 0.908. The topological polar surface area (TPSA) is 68.4 Å². The van der Waals surface area contributed by atoms with Crippen LogP contribution >= 0.6 is 11.8 Å². The fraction of sp³-hybridized carbons (Fsp3) is 0.615. The zero-order valence-corrected chi connectivity index (χ0v) is 12.2. The van der Waals surface area contributed by atoms with Crippen LogP contribution in [0, 0.1) is 5.92 Å². The largest absolute Gasteiger partial charge is 0.476 e. The zero-order chi connectivity index (χ0) is 13.7. The molecule has 0 radical (unpaired) electrons. The molecule has 0 amide bonds. The van der Waals surface area contributed by atoms with Crippen LogP contribution in [0.15, 0.2) is 17.2 Å². The number of rotatable bonds is 6. The molecule has 1 heterocycles. The van der Waals surface area contributed by atoms with Gasteiger partial charge in [0.15, 0.2) is 0 Å². The van der Waals surface area contributed by atoms with Gasteiger partial charge in [-0.3, -0.25) is 0 Å². The van der Waals surface area contributed by atoms with Crippen molar-refractivity contribution in [3.63, 3.8) is 0 Å². The number of nitrogens with zero attached hydrogens (tertiary/aromatic N) is 1. The van der Waals surface area contributed by atoms with E-state index >= 15 is 0 Å². The molecule has 0 saturated heterocycles. The summed E-state index contributed by atoms with van der Waals surface area (Å²) in [5, 5.41) is 10.4. The first-order valence-corrected chi connectivity index (χ1v) is 7.02. The van der Waals surface area contributed by atoms with Gasteiger partial charge in [0.25, 0.3) is 0 Å². The first kappa shape index (κ1) is 15.1. The number of nitrogens with two attached hydrogens (primary N) is 1. The highest BCUT2D eigenvalue weighted by molar-refractivity contribution is 7.99. The molecule has 1 rings (SSSR count). The summed E-state index contributed by atoms with van der Waals surface area (Å²) in [5.41, 5.74) is 6.37. The molecule has 102 valence electrons. The SMILES string of the molecule is CC(C)COc1nc(SC(C)C(C)O)ccc1N. The fourth-order valence-electron chi connectivity index (χ4n) is 1.15. The van der Waals surface area contributed by atoms with E-state index in [1.807, 2.05) is 13.0 Å². The van der Waals surface area contributed by atoms with Crippen LogP contribution in [0.2, 0.25) is 0 Å². The van der Waals surface area contributed by atoms with Gasteiger partial charge in [0, 0.05) is 5.25 Å². The van der Waals surface area contributed by atoms with E-state index in [1.54, 1.807) is 13.0 Å². The maximum absolute atomic E-state index is 9.48. The molecule has 0 fully saturated rings. The summed E-state index contributed by atoms with van der Waals surface area (Å²) in [6.45, 7) is 8.47. The summed E-state index contributed by atoms with van der Waals surface area (Å²) < 4.78 is 5.57. The molecular formula is C13H22N2O2S. The predicted octanol–water partition coefficient (Wildman–Crippen LogP) is 2.56. The van der Waals surface area contributed by atoms with Gasteiger partial charge in [-0.1, -0.05) is 20.8 Å². The average molecular weight is 270 g/mol. The number of pyridine rings is 1. The lowest BCUT2D eigenvalue weighted by Crippen LogP contribution is -2.15. The lowest BCUT2D eigenvalue weighted by Gasteiger charge is -2.15. The summed E-state index contributed by atoms with van der Waals surface area (Å²) in [7, 11) is 0. The van der Waals surface area contributed by atoms with Crippen LogP contribution in [0.4, 0.5) is 5.69 Å². The Morgan fingerprint density at radius 2 is 2.00 bits per heavy atom. The van der Waals surface area contributed by atoms with Crippen LogP contribution in [0.1, 0.15) is 27.7 Å².